The molecule has 2 unspecified atom stereocenters. The zero-order valence-electron chi connectivity index (χ0n) is 10.7. The van der Waals surface area contributed by atoms with E-state index in [4.69, 9.17) is 5.73 Å². The number of carbonyl (C=O) groups excluding carboxylic acids is 1. The van der Waals surface area contributed by atoms with Gasteiger partial charge in [-0.3, -0.25) is 14.7 Å². The molecule has 98 valence electrons. The van der Waals surface area contributed by atoms with Crippen LogP contribution in [0, 0.1) is 0 Å². The van der Waals surface area contributed by atoms with Crippen molar-refractivity contribution in [1.82, 2.24) is 15.2 Å². The largest absolute Gasteiger partial charge is 0.355 e. The Balaban J connectivity index is 2.21. The number of rotatable bonds is 3. The fraction of sp³-hybridized carbons (Fsp3) is 0.538. The summed E-state index contributed by atoms with van der Waals surface area (Å²) in [6.07, 6.45) is 2.71. The molecule has 0 aliphatic carbocycles. The molecule has 1 aromatic heterocycles. The summed E-state index contributed by atoms with van der Waals surface area (Å²) in [5, 5.41) is 2.88. The van der Waals surface area contributed by atoms with Gasteiger partial charge in [-0.25, -0.2) is 0 Å². The van der Waals surface area contributed by atoms with Crippen LogP contribution in [-0.2, 0) is 4.79 Å². The molecule has 1 aliphatic rings. The zero-order valence-corrected chi connectivity index (χ0v) is 10.7. The van der Waals surface area contributed by atoms with Crippen molar-refractivity contribution in [2.75, 3.05) is 19.6 Å². The molecule has 0 spiro atoms. The maximum atomic E-state index is 11.6. The van der Waals surface area contributed by atoms with Gasteiger partial charge in [0.15, 0.2) is 0 Å². The number of nitrogens with two attached hydrogens (primary N) is 1. The van der Waals surface area contributed by atoms with E-state index in [1.807, 2.05) is 25.1 Å². The first kappa shape index (κ1) is 13.0. The summed E-state index contributed by atoms with van der Waals surface area (Å²) in [7, 11) is 0. The Morgan fingerprint density at radius 2 is 2.33 bits per heavy atom. The number of hydrogen-bond donors (Lipinski definition) is 2. The molecule has 0 aromatic carbocycles. The van der Waals surface area contributed by atoms with Gasteiger partial charge in [0.25, 0.3) is 0 Å². The van der Waals surface area contributed by atoms with Gasteiger partial charge in [-0.15, -0.1) is 0 Å². The van der Waals surface area contributed by atoms with Crippen molar-refractivity contribution in [3.8, 4) is 0 Å². The molecule has 1 amide bonds. The molecule has 5 nitrogen and oxygen atoms in total. The Morgan fingerprint density at radius 3 is 3.00 bits per heavy atom. The standard InChI is InChI=1S/C13H20N4O/c1-10(14)13(11-5-2-3-6-15-11)17-8-4-7-16-12(18)9-17/h2-3,5-6,10,13H,4,7-9,14H2,1H3,(H,16,18). The SMILES string of the molecule is CC(N)C(c1ccccn1)N1CCCNC(=O)C1. The first-order valence-electron chi connectivity index (χ1n) is 6.36. The summed E-state index contributed by atoms with van der Waals surface area (Å²) in [5.41, 5.74) is 7.02. The lowest BCUT2D eigenvalue weighted by atomic mass is 10.0. The molecule has 0 bridgehead atoms. The van der Waals surface area contributed by atoms with E-state index in [1.165, 1.54) is 0 Å². The van der Waals surface area contributed by atoms with Crippen LogP contribution in [0.2, 0.25) is 0 Å². The normalized spacial score (nSPS) is 20.9. The molecule has 1 fully saturated rings. The first-order chi connectivity index (χ1) is 8.68. The third-order valence-electron chi connectivity index (χ3n) is 3.17. The van der Waals surface area contributed by atoms with Gasteiger partial charge in [-0.1, -0.05) is 6.07 Å². The number of nitrogens with zero attached hydrogens (tertiary/aromatic N) is 2. The molecule has 5 heteroatoms. The lowest BCUT2D eigenvalue weighted by Crippen LogP contribution is -2.43. The molecule has 0 saturated carbocycles. The quantitative estimate of drug-likeness (QED) is 0.806. The summed E-state index contributed by atoms with van der Waals surface area (Å²) in [6, 6.07) is 5.74. The van der Waals surface area contributed by atoms with Gasteiger partial charge in [0, 0.05) is 25.3 Å². The van der Waals surface area contributed by atoms with Crippen LogP contribution in [0.5, 0.6) is 0 Å². The molecular formula is C13H20N4O. The lowest BCUT2D eigenvalue weighted by molar-refractivity contribution is -0.122. The Hall–Kier alpha value is -1.46. The Kier molecular flexibility index (Phi) is 4.28. The number of pyridine rings is 1. The van der Waals surface area contributed by atoms with Gasteiger partial charge in [0.1, 0.15) is 0 Å². The van der Waals surface area contributed by atoms with Crippen LogP contribution in [0.4, 0.5) is 0 Å². The van der Waals surface area contributed by atoms with E-state index in [0.717, 1.165) is 25.2 Å². The van der Waals surface area contributed by atoms with Crippen molar-refractivity contribution in [1.29, 1.82) is 0 Å². The fourth-order valence-electron chi connectivity index (χ4n) is 2.41. The highest BCUT2D eigenvalue weighted by Crippen LogP contribution is 2.22. The minimum absolute atomic E-state index is 0.00458. The Labute approximate surface area is 107 Å². The van der Waals surface area contributed by atoms with E-state index in [1.54, 1.807) is 6.20 Å². The van der Waals surface area contributed by atoms with Crippen molar-refractivity contribution < 1.29 is 4.79 Å². The summed E-state index contributed by atoms with van der Waals surface area (Å²) >= 11 is 0. The average Bonchev–Trinajstić information content (AvgIpc) is 2.55. The summed E-state index contributed by atoms with van der Waals surface area (Å²) in [4.78, 5) is 18.1. The smallest absolute Gasteiger partial charge is 0.234 e. The first-order valence-corrected chi connectivity index (χ1v) is 6.36. The van der Waals surface area contributed by atoms with Gasteiger partial charge in [0.05, 0.1) is 18.3 Å². The molecule has 2 rings (SSSR count). The van der Waals surface area contributed by atoms with Crippen LogP contribution in [0.15, 0.2) is 24.4 Å². The summed E-state index contributed by atoms with van der Waals surface area (Å²) < 4.78 is 0. The minimum atomic E-state index is -0.0641. The highest BCUT2D eigenvalue weighted by atomic mass is 16.2. The third kappa shape index (κ3) is 3.05. The molecular weight excluding hydrogens is 228 g/mol. The number of nitrogens with one attached hydrogen (secondary N) is 1. The zero-order chi connectivity index (χ0) is 13.0. The summed E-state index contributed by atoms with van der Waals surface area (Å²) in [6.45, 7) is 3.95. The van der Waals surface area contributed by atoms with Crippen molar-refractivity contribution >= 4 is 5.91 Å². The molecule has 2 heterocycles. The van der Waals surface area contributed by atoms with Crippen molar-refractivity contribution in [3.05, 3.63) is 30.1 Å². The second kappa shape index (κ2) is 5.93. The van der Waals surface area contributed by atoms with Gasteiger partial charge in [-0.05, 0) is 25.5 Å². The number of carbonyl (C=O) groups is 1. The number of amides is 1. The topological polar surface area (TPSA) is 71.2 Å². The molecule has 18 heavy (non-hydrogen) atoms. The maximum Gasteiger partial charge on any atom is 0.234 e. The highest BCUT2D eigenvalue weighted by molar-refractivity contribution is 5.78. The second-order valence-corrected chi connectivity index (χ2v) is 4.73. The Morgan fingerprint density at radius 1 is 1.50 bits per heavy atom. The summed E-state index contributed by atoms with van der Waals surface area (Å²) in [5.74, 6) is 0.0640. The van der Waals surface area contributed by atoms with Gasteiger partial charge in [-0.2, -0.15) is 0 Å². The molecule has 1 saturated heterocycles. The van der Waals surface area contributed by atoms with E-state index >= 15 is 0 Å². The molecule has 2 atom stereocenters. The van der Waals surface area contributed by atoms with Crippen molar-refractivity contribution in [2.24, 2.45) is 5.73 Å². The van der Waals surface area contributed by atoms with Crippen LogP contribution in [0.3, 0.4) is 0 Å². The van der Waals surface area contributed by atoms with E-state index in [0.29, 0.717) is 6.54 Å². The Bertz CT molecular complexity index is 393. The second-order valence-electron chi connectivity index (χ2n) is 4.73. The van der Waals surface area contributed by atoms with E-state index in [2.05, 4.69) is 15.2 Å². The van der Waals surface area contributed by atoms with Crippen LogP contribution in [0.25, 0.3) is 0 Å². The van der Waals surface area contributed by atoms with Crippen molar-refractivity contribution in [2.45, 2.75) is 25.4 Å². The van der Waals surface area contributed by atoms with Crippen LogP contribution >= 0.6 is 0 Å². The van der Waals surface area contributed by atoms with Gasteiger partial charge < -0.3 is 11.1 Å². The van der Waals surface area contributed by atoms with E-state index in [9.17, 15) is 4.79 Å². The van der Waals surface area contributed by atoms with Crippen LogP contribution < -0.4 is 11.1 Å². The molecule has 3 N–H and O–H groups in total. The van der Waals surface area contributed by atoms with Crippen molar-refractivity contribution in [3.63, 3.8) is 0 Å². The predicted octanol–water partition coefficient (Wildman–Crippen LogP) is 0.292. The molecule has 0 radical (unpaired) electrons. The predicted molar refractivity (Wildman–Crippen MR) is 69.8 cm³/mol. The van der Waals surface area contributed by atoms with E-state index < -0.39 is 0 Å². The van der Waals surface area contributed by atoms with Crippen LogP contribution in [0.1, 0.15) is 25.1 Å². The van der Waals surface area contributed by atoms with Crippen LogP contribution in [-0.4, -0.2) is 41.5 Å². The molecule has 1 aliphatic heterocycles. The maximum absolute atomic E-state index is 11.6. The lowest BCUT2D eigenvalue weighted by Gasteiger charge is -2.32. The van der Waals surface area contributed by atoms with E-state index in [-0.39, 0.29) is 18.0 Å². The highest BCUT2D eigenvalue weighted by Gasteiger charge is 2.27. The number of hydrogen-bond acceptors (Lipinski definition) is 4. The molecule has 1 aromatic rings. The number of aromatic nitrogens is 1. The average molecular weight is 248 g/mol. The van der Waals surface area contributed by atoms with Gasteiger partial charge in [0.2, 0.25) is 5.91 Å². The monoisotopic (exact) mass is 248 g/mol. The minimum Gasteiger partial charge on any atom is -0.355 e. The third-order valence-corrected chi connectivity index (χ3v) is 3.17. The van der Waals surface area contributed by atoms with Gasteiger partial charge >= 0.3 is 0 Å². The fourth-order valence-corrected chi connectivity index (χ4v) is 2.41.